The number of methoxy groups -OCH3 is 3. The lowest BCUT2D eigenvalue weighted by Gasteiger charge is -2.41. The largest absolute Gasteiger partial charge is 0.402 e. The quantitative estimate of drug-likeness (QED) is 0.209. The van der Waals surface area contributed by atoms with E-state index in [2.05, 4.69) is 4.98 Å². The van der Waals surface area contributed by atoms with Crippen LogP contribution in [0.3, 0.4) is 0 Å². The average Bonchev–Trinajstić information content (AvgIpc) is 2.83. The number of esters is 1. The summed E-state index contributed by atoms with van der Waals surface area (Å²) in [5, 5.41) is 0. The van der Waals surface area contributed by atoms with Crippen LogP contribution in [0.2, 0.25) is 0 Å². The Hall–Kier alpha value is -1.74. The maximum Gasteiger partial charge on any atom is 0.361 e. The Morgan fingerprint density at radius 1 is 0.667 bits per heavy atom. The van der Waals surface area contributed by atoms with Gasteiger partial charge in [0.05, 0.1) is 5.56 Å². The van der Waals surface area contributed by atoms with Gasteiger partial charge in [0.2, 0.25) is 0 Å². The van der Waals surface area contributed by atoms with E-state index in [9.17, 15) is 4.79 Å². The van der Waals surface area contributed by atoms with E-state index in [1.807, 2.05) is 0 Å². The minimum absolute atomic E-state index is 0.212. The van der Waals surface area contributed by atoms with Gasteiger partial charge in [-0.05, 0) is 60.6 Å². The Kier molecular flexibility index (Phi) is 14.5. The summed E-state index contributed by atoms with van der Waals surface area (Å²) in [6.45, 7) is 11.5. The van der Waals surface area contributed by atoms with Crippen LogP contribution in [0.5, 0.6) is 0 Å². The number of pyridine rings is 1. The lowest BCUT2D eigenvalue weighted by molar-refractivity contribution is -0.469. The average molecular weight is 520 g/mol. The maximum absolute atomic E-state index is 13.1. The number of nitrogens with zero attached hydrogens (tertiary/aromatic N) is 1. The van der Waals surface area contributed by atoms with Crippen molar-refractivity contribution in [2.24, 2.45) is 0 Å². The molecule has 0 spiro atoms. The van der Waals surface area contributed by atoms with E-state index in [1.165, 1.54) is 45.9 Å². The summed E-state index contributed by atoms with van der Waals surface area (Å²) in [7, 11) is 4.46. The molecule has 208 valence electrons. The highest BCUT2D eigenvalue weighted by molar-refractivity contribution is 5.89. The SMILES string of the molecule is COC(C)OC(C)OC(C)C(OC(=O)c1ccncc1)(OC(C)OC(C)OC)OC(C)OC(C)OC. The number of hydrogen-bond acceptors (Lipinski definition) is 12. The molecule has 0 aliphatic carbocycles. The lowest BCUT2D eigenvalue weighted by atomic mass is 10.2. The number of hydrogen-bond donors (Lipinski definition) is 0. The minimum Gasteiger partial charge on any atom is -0.402 e. The number of carbonyl (C=O) groups is 1. The molecule has 1 aromatic heterocycles. The van der Waals surface area contributed by atoms with Gasteiger partial charge in [0.25, 0.3) is 0 Å². The first kappa shape index (κ1) is 32.3. The van der Waals surface area contributed by atoms with Crippen LogP contribution >= 0.6 is 0 Å². The van der Waals surface area contributed by atoms with Gasteiger partial charge in [0, 0.05) is 33.7 Å². The predicted molar refractivity (Wildman–Crippen MR) is 126 cm³/mol. The molecule has 0 bridgehead atoms. The van der Waals surface area contributed by atoms with Gasteiger partial charge in [-0.25, -0.2) is 4.79 Å². The molecule has 0 N–H and O–H groups in total. The standard InChI is InChI=1S/C24H41NO11/c1-15(30-19(5)31-16(2)27-8)24(34-20(6)32-17(3)28-9,35-21(7)33-18(4)29-10)36-23(26)22-11-13-25-14-12-22/h11-21H,1-10H3. The Balaban J connectivity index is 3.37. The van der Waals surface area contributed by atoms with Crippen molar-refractivity contribution in [3.05, 3.63) is 30.1 Å². The third-order valence-corrected chi connectivity index (χ3v) is 4.85. The summed E-state index contributed by atoms with van der Waals surface area (Å²) in [5.41, 5.74) is 0.212. The molecule has 0 aliphatic rings. The summed E-state index contributed by atoms with van der Waals surface area (Å²) >= 11 is 0. The molecule has 1 aromatic rings. The Morgan fingerprint density at radius 3 is 1.50 bits per heavy atom. The zero-order valence-electron chi connectivity index (χ0n) is 22.8. The van der Waals surface area contributed by atoms with Crippen molar-refractivity contribution in [2.45, 2.75) is 98.3 Å². The van der Waals surface area contributed by atoms with Crippen LogP contribution in [-0.2, 0) is 47.4 Å². The number of carbonyl (C=O) groups excluding carboxylic acids is 1. The molecular weight excluding hydrogens is 478 g/mol. The van der Waals surface area contributed by atoms with E-state index in [-0.39, 0.29) is 5.56 Å². The van der Waals surface area contributed by atoms with E-state index < -0.39 is 55.8 Å². The van der Waals surface area contributed by atoms with Crippen LogP contribution < -0.4 is 0 Å². The molecule has 0 amide bonds. The first-order valence-corrected chi connectivity index (χ1v) is 11.7. The van der Waals surface area contributed by atoms with Crippen LogP contribution in [-0.4, -0.2) is 82.1 Å². The maximum atomic E-state index is 13.1. The molecular formula is C24H41NO11. The van der Waals surface area contributed by atoms with Crippen LogP contribution in [0.25, 0.3) is 0 Å². The molecule has 1 rings (SSSR count). The second-order valence-corrected chi connectivity index (χ2v) is 7.76. The van der Waals surface area contributed by atoms with Gasteiger partial charge < -0.3 is 37.9 Å². The van der Waals surface area contributed by atoms with E-state index >= 15 is 0 Å². The van der Waals surface area contributed by atoms with Crippen molar-refractivity contribution in [2.75, 3.05) is 21.3 Å². The van der Waals surface area contributed by atoms with Crippen molar-refractivity contribution >= 4 is 5.97 Å². The van der Waals surface area contributed by atoms with Gasteiger partial charge in [-0.15, -0.1) is 0 Å². The van der Waals surface area contributed by atoms with Gasteiger partial charge in [-0.3, -0.25) is 14.5 Å². The van der Waals surface area contributed by atoms with Gasteiger partial charge in [0.1, 0.15) is 0 Å². The summed E-state index contributed by atoms with van der Waals surface area (Å²) in [6.07, 6.45) is -2.71. The van der Waals surface area contributed by atoms with Crippen molar-refractivity contribution < 1.29 is 52.2 Å². The first-order valence-electron chi connectivity index (χ1n) is 11.7. The zero-order chi connectivity index (χ0) is 27.3. The third-order valence-electron chi connectivity index (χ3n) is 4.85. The second-order valence-electron chi connectivity index (χ2n) is 7.76. The minimum atomic E-state index is -2.16. The molecule has 0 radical (unpaired) electrons. The highest BCUT2D eigenvalue weighted by atomic mass is 17.0. The third kappa shape index (κ3) is 11.1. The molecule has 7 atom stereocenters. The molecule has 36 heavy (non-hydrogen) atoms. The van der Waals surface area contributed by atoms with E-state index in [4.69, 9.17) is 47.4 Å². The van der Waals surface area contributed by atoms with Crippen LogP contribution in [0.1, 0.15) is 58.8 Å². The van der Waals surface area contributed by atoms with Crippen LogP contribution in [0.4, 0.5) is 0 Å². The number of aromatic nitrogens is 1. The summed E-state index contributed by atoms with van der Waals surface area (Å²) in [5.74, 6) is -2.92. The van der Waals surface area contributed by atoms with Crippen molar-refractivity contribution in [3.8, 4) is 0 Å². The monoisotopic (exact) mass is 519 g/mol. The number of rotatable bonds is 18. The normalized spacial score (nSPS) is 19.4. The fourth-order valence-electron chi connectivity index (χ4n) is 2.92. The summed E-state index contributed by atoms with van der Waals surface area (Å²) in [4.78, 5) is 17.1. The summed E-state index contributed by atoms with van der Waals surface area (Å²) in [6, 6.07) is 2.98. The lowest BCUT2D eigenvalue weighted by Crippen LogP contribution is -2.56. The molecule has 1 heterocycles. The van der Waals surface area contributed by atoms with Crippen LogP contribution in [0.15, 0.2) is 24.5 Å². The Morgan fingerprint density at radius 2 is 1.08 bits per heavy atom. The highest BCUT2D eigenvalue weighted by Crippen LogP contribution is 2.30. The van der Waals surface area contributed by atoms with E-state index in [1.54, 1.807) is 48.5 Å². The molecule has 0 fully saturated rings. The molecule has 0 saturated carbocycles. The Labute approximate surface area is 213 Å². The summed E-state index contributed by atoms with van der Waals surface area (Å²) < 4.78 is 56.3. The molecule has 12 heteroatoms. The van der Waals surface area contributed by atoms with Crippen molar-refractivity contribution in [3.63, 3.8) is 0 Å². The van der Waals surface area contributed by atoms with Gasteiger partial charge in [-0.1, -0.05) is 0 Å². The van der Waals surface area contributed by atoms with Crippen molar-refractivity contribution in [1.29, 1.82) is 0 Å². The highest BCUT2D eigenvalue weighted by Gasteiger charge is 2.49. The van der Waals surface area contributed by atoms with Crippen LogP contribution in [0, 0.1) is 0 Å². The topological polar surface area (TPSA) is 122 Å². The first-order chi connectivity index (χ1) is 17.0. The molecule has 0 aliphatic heterocycles. The molecule has 0 saturated heterocycles. The van der Waals surface area contributed by atoms with E-state index in [0.29, 0.717) is 0 Å². The number of ether oxygens (including phenoxy) is 10. The fraction of sp³-hybridized carbons (Fsp3) is 0.750. The molecule has 0 aromatic carbocycles. The van der Waals surface area contributed by atoms with Crippen molar-refractivity contribution in [1.82, 2.24) is 4.98 Å². The van der Waals surface area contributed by atoms with Gasteiger partial charge in [-0.2, -0.15) is 0 Å². The second kappa shape index (κ2) is 16.2. The smallest absolute Gasteiger partial charge is 0.361 e. The molecule has 12 nitrogen and oxygen atoms in total. The molecule has 7 unspecified atom stereocenters. The van der Waals surface area contributed by atoms with Gasteiger partial charge >= 0.3 is 11.9 Å². The zero-order valence-corrected chi connectivity index (χ0v) is 22.8. The van der Waals surface area contributed by atoms with E-state index in [0.717, 1.165) is 0 Å². The fourth-order valence-corrected chi connectivity index (χ4v) is 2.92. The Bertz CT molecular complexity index is 718. The predicted octanol–water partition coefficient (Wildman–Crippen LogP) is 3.40. The van der Waals surface area contributed by atoms with Gasteiger partial charge in [0.15, 0.2) is 43.8 Å².